The van der Waals surface area contributed by atoms with Gasteiger partial charge in [0.2, 0.25) is 0 Å². The van der Waals surface area contributed by atoms with Gasteiger partial charge in [-0.05, 0) is 15.9 Å². The summed E-state index contributed by atoms with van der Waals surface area (Å²) < 4.78 is 0.777. The molecule has 6 heteroatoms. The number of anilines is 1. The highest BCUT2D eigenvalue weighted by Crippen LogP contribution is 2.12. The molecule has 0 atom stereocenters. The Labute approximate surface area is 93.6 Å². The van der Waals surface area contributed by atoms with Crippen LogP contribution in [-0.2, 0) is 6.54 Å². The molecule has 1 N–H and O–H groups in total. The molecule has 14 heavy (non-hydrogen) atoms. The Hall–Kier alpha value is -1.01. The van der Waals surface area contributed by atoms with Gasteiger partial charge in [0.25, 0.3) is 0 Å². The summed E-state index contributed by atoms with van der Waals surface area (Å²) in [5.74, 6) is 0.806. The van der Waals surface area contributed by atoms with E-state index < -0.39 is 0 Å². The molecule has 0 unspecified atom stereocenters. The Morgan fingerprint density at radius 2 is 2.36 bits per heavy atom. The van der Waals surface area contributed by atoms with E-state index in [1.54, 1.807) is 11.3 Å². The fourth-order valence-corrected chi connectivity index (χ4v) is 1.78. The van der Waals surface area contributed by atoms with Crippen LogP contribution in [0.1, 0.15) is 4.88 Å². The standard InChI is InChI=1S/C8H7BrN4S/c9-7-1-8(13-4-12-7)11-3-6-2-10-5-14-6/h1-2,4-5H,3H2,(H,11,12,13). The zero-order chi connectivity index (χ0) is 9.80. The monoisotopic (exact) mass is 270 g/mol. The predicted molar refractivity (Wildman–Crippen MR) is 59.2 cm³/mol. The molecule has 4 nitrogen and oxygen atoms in total. The molecule has 2 rings (SSSR count). The summed E-state index contributed by atoms with van der Waals surface area (Å²) in [5.41, 5.74) is 1.81. The fraction of sp³-hybridized carbons (Fsp3) is 0.125. The van der Waals surface area contributed by atoms with Crippen LogP contribution in [0.2, 0.25) is 0 Å². The molecule has 0 aliphatic carbocycles. The van der Waals surface area contributed by atoms with Crippen LogP contribution < -0.4 is 5.32 Å². The molecule has 0 saturated carbocycles. The van der Waals surface area contributed by atoms with Crippen LogP contribution in [0.4, 0.5) is 5.82 Å². The van der Waals surface area contributed by atoms with E-state index in [1.165, 1.54) is 11.2 Å². The van der Waals surface area contributed by atoms with Crippen LogP contribution in [0, 0.1) is 0 Å². The number of hydrogen-bond donors (Lipinski definition) is 1. The highest BCUT2D eigenvalue weighted by Gasteiger charge is 1.97. The minimum Gasteiger partial charge on any atom is -0.365 e. The molecule has 2 heterocycles. The van der Waals surface area contributed by atoms with Gasteiger partial charge >= 0.3 is 0 Å². The van der Waals surface area contributed by atoms with Crippen LogP contribution in [0.15, 0.2) is 28.7 Å². The van der Waals surface area contributed by atoms with Gasteiger partial charge in [-0.3, -0.25) is 4.98 Å². The number of hydrogen-bond acceptors (Lipinski definition) is 5. The molecule has 0 aliphatic heterocycles. The van der Waals surface area contributed by atoms with Crippen LogP contribution in [0.3, 0.4) is 0 Å². The maximum absolute atomic E-state index is 4.07. The second kappa shape index (κ2) is 4.47. The zero-order valence-corrected chi connectivity index (χ0v) is 9.55. The summed E-state index contributed by atoms with van der Waals surface area (Å²) in [6, 6.07) is 1.83. The Morgan fingerprint density at radius 1 is 1.43 bits per heavy atom. The Balaban J connectivity index is 1.98. The molecule has 0 saturated heterocycles. The first-order valence-corrected chi connectivity index (χ1v) is 5.60. The summed E-state index contributed by atoms with van der Waals surface area (Å²) >= 11 is 4.90. The molecule has 2 aromatic rings. The largest absolute Gasteiger partial charge is 0.365 e. The smallest absolute Gasteiger partial charge is 0.130 e. The van der Waals surface area contributed by atoms with E-state index in [2.05, 4.69) is 36.2 Å². The van der Waals surface area contributed by atoms with Crippen molar-refractivity contribution in [1.29, 1.82) is 0 Å². The third-order valence-electron chi connectivity index (χ3n) is 1.56. The van der Waals surface area contributed by atoms with E-state index in [9.17, 15) is 0 Å². The van der Waals surface area contributed by atoms with E-state index >= 15 is 0 Å². The van der Waals surface area contributed by atoms with Crippen molar-refractivity contribution in [3.05, 3.63) is 33.6 Å². The van der Waals surface area contributed by atoms with Crippen LogP contribution in [0.25, 0.3) is 0 Å². The maximum Gasteiger partial charge on any atom is 0.130 e. The first kappa shape index (κ1) is 9.54. The lowest BCUT2D eigenvalue weighted by atomic mass is 10.5. The normalized spacial score (nSPS) is 10.1. The number of aromatic nitrogens is 3. The first-order chi connectivity index (χ1) is 6.84. The van der Waals surface area contributed by atoms with Gasteiger partial charge in [-0.15, -0.1) is 11.3 Å². The predicted octanol–water partition coefficient (Wildman–Crippen LogP) is 2.31. The summed E-state index contributed by atoms with van der Waals surface area (Å²) in [4.78, 5) is 13.2. The molecule has 0 bridgehead atoms. The number of thiazole rings is 1. The van der Waals surface area contributed by atoms with Gasteiger partial charge in [-0.1, -0.05) is 0 Å². The van der Waals surface area contributed by atoms with Gasteiger partial charge < -0.3 is 5.32 Å². The molecular formula is C8H7BrN4S. The van der Waals surface area contributed by atoms with Crippen molar-refractivity contribution in [3.63, 3.8) is 0 Å². The lowest BCUT2D eigenvalue weighted by Gasteiger charge is -2.02. The van der Waals surface area contributed by atoms with Crippen molar-refractivity contribution in [2.75, 3.05) is 5.32 Å². The summed E-state index contributed by atoms with van der Waals surface area (Å²) in [5, 5.41) is 3.18. The van der Waals surface area contributed by atoms with Crippen LogP contribution in [0.5, 0.6) is 0 Å². The van der Waals surface area contributed by atoms with Crippen molar-refractivity contribution < 1.29 is 0 Å². The highest BCUT2D eigenvalue weighted by molar-refractivity contribution is 9.10. The fourth-order valence-electron chi connectivity index (χ4n) is 0.937. The molecule has 0 fully saturated rings. The van der Waals surface area contributed by atoms with Gasteiger partial charge in [0.05, 0.1) is 12.1 Å². The van der Waals surface area contributed by atoms with Gasteiger partial charge in [0.1, 0.15) is 16.7 Å². The number of nitrogens with one attached hydrogen (secondary N) is 1. The average Bonchev–Trinajstić information content (AvgIpc) is 2.67. The molecule has 0 aromatic carbocycles. The van der Waals surface area contributed by atoms with Crippen LogP contribution in [-0.4, -0.2) is 15.0 Å². The summed E-state index contributed by atoms with van der Waals surface area (Å²) in [6.45, 7) is 0.744. The van der Waals surface area contributed by atoms with Gasteiger partial charge in [0, 0.05) is 17.1 Å². The lowest BCUT2D eigenvalue weighted by molar-refractivity contribution is 1.08. The number of halogens is 1. The minimum atomic E-state index is 0.744. The number of rotatable bonds is 3. The quantitative estimate of drug-likeness (QED) is 0.870. The lowest BCUT2D eigenvalue weighted by Crippen LogP contribution is -1.99. The third-order valence-corrected chi connectivity index (χ3v) is 2.77. The SMILES string of the molecule is Brc1cc(NCc2cncs2)ncn1. The molecular weight excluding hydrogens is 264 g/mol. The Morgan fingerprint density at radius 3 is 3.07 bits per heavy atom. The topological polar surface area (TPSA) is 50.7 Å². The van der Waals surface area contributed by atoms with Gasteiger partial charge in [-0.25, -0.2) is 9.97 Å². The minimum absolute atomic E-state index is 0.744. The van der Waals surface area contributed by atoms with Gasteiger partial charge in [-0.2, -0.15) is 0 Å². The maximum atomic E-state index is 4.07. The molecule has 0 radical (unpaired) electrons. The van der Waals surface area contributed by atoms with E-state index in [-0.39, 0.29) is 0 Å². The Bertz CT molecular complexity index is 403. The second-order valence-electron chi connectivity index (χ2n) is 2.55. The molecule has 0 aliphatic rings. The van der Waals surface area contributed by atoms with E-state index in [4.69, 9.17) is 0 Å². The van der Waals surface area contributed by atoms with Crippen molar-refractivity contribution in [2.45, 2.75) is 6.54 Å². The zero-order valence-electron chi connectivity index (χ0n) is 7.14. The van der Waals surface area contributed by atoms with Crippen molar-refractivity contribution in [1.82, 2.24) is 15.0 Å². The van der Waals surface area contributed by atoms with Gasteiger partial charge in [0.15, 0.2) is 0 Å². The molecule has 0 spiro atoms. The van der Waals surface area contributed by atoms with Crippen LogP contribution >= 0.6 is 27.3 Å². The molecule has 0 amide bonds. The molecule has 72 valence electrons. The number of nitrogens with zero attached hydrogens (tertiary/aromatic N) is 3. The van der Waals surface area contributed by atoms with Crippen molar-refractivity contribution in [3.8, 4) is 0 Å². The van der Waals surface area contributed by atoms with E-state index in [0.29, 0.717) is 0 Å². The van der Waals surface area contributed by atoms with Crippen molar-refractivity contribution >= 4 is 33.1 Å². The summed E-state index contributed by atoms with van der Waals surface area (Å²) in [6.07, 6.45) is 3.35. The van der Waals surface area contributed by atoms with E-state index in [1.807, 2.05) is 17.8 Å². The third kappa shape index (κ3) is 2.49. The average molecular weight is 271 g/mol. The van der Waals surface area contributed by atoms with Crippen molar-refractivity contribution in [2.24, 2.45) is 0 Å². The summed E-state index contributed by atoms with van der Waals surface area (Å²) in [7, 11) is 0. The second-order valence-corrected chi connectivity index (χ2v) is 4.33. The first-order valence-electron chi connectivity index (χ1n) is 3.93. The van der Waals surface area contributed by atoms with E-state index in [0.717, 1.165) is 17.0 Å². The highest BCUT2D eigenvalue weighted by atomic mass is 79.9. The molecule has 2 aromatic heterocycles. The Kier molecular flexibility index (Phi) is 3.05.